The maximum atomic E-state index is 16.4. The van der Waals surface area contributed by atoms with E-state index in [2.05, 4.69) is 146 Å². The fourth-order valence-corrected chi connectivity index (χ4v) is 16.4. The van der Waals surface area contributed by atoms with Gasteiger partial charge in [0.05, 0.1) is 0 Å². The van der Waals surface area contributed by atoms with Crippen molar-refractivity contribution in [1.82, 2.24) is 0 Å². The molecule has 0 N–H and O–H groups in total. The Hall–Kier alpha value is -3.53. The van der Waals surface area contributed by atoms with Crippen LogP contribution in [-0.2, 0) is 19.5 Å². The van der Waals surface area contributed by atoms with Crippen LogP contribution in [0.25, 0.3) is 0 Å². The summed E-state index contributed by atoms with van der Waals surface area (Å²) in [6.07, 6.45) is 0. The zero-order valence-corrected chi connectivity index (χ0v) is 25.9. The third-order valence-corrected chi connectivity index (χ3v) is 16.8. The summed E-state index contributed by atoms with van der Waals surface area (Å²) in [5, 5.41) is 6.74. The fraction of sp³-hybridized carbons (Fsp3) is 0. The van der Waals surface area contributed by atoms with Crippen molar-refractivity contribution in [3.8, 4) is 0 Å². The molecule has 4 heteroatoms. The molecule has 201 valence electrons. The summed E-state index contributed by atoms with van der Waals surface area (Å²) < 4.78 is 0. The Kier molecular flexibility index (Phi) is 9.17. The molecule has 1 radical (unpaired) electrons. The van der Waals surface area contributed by atoms with Gasteiger partial charge in [-0.3, -0.25) is 0 Å². The van der Waals surface area contributed by atoms with E-state index >= 15 is 4.79 Å². The summed E-state index contributed by atoms with van der Waals surface area (Å²) in [5.74, 6) is 0. The molecule has 0 aliphatic rings. The van der Waals surface area contributed by atoms with Crippen molar-refractivity contribution >= 4 is 51.6 Å². The molecule has 0 saturated carbocycles. The zero-order valence-electron chi connectivity index (χ0n) is 22.5. The van der Waals surface area contributed by atoms with E-state index in [9.17, 15) is 0 Å². The molecule has 0 spiro atoms. The molecule has 0 aliphatic heterocycles. The van der Waals surface area contributed by atoms with Crippen LogP contribution in [0.2, 0.25) is 0 Å². The molecule has 0 bridgehead atoms. The van der Waals surface area contributed by atoms with Crippen LogP contribution in [0.4, 0.5) is 4.79 Å². The molecule has 6 rings (SSSR count). The van der Waals surface area contributed by atoms with Crippen molar-refractivity contribution in [2.45, 2.75) is 0 Å². The first kappa shape index (κ1) is 29.0. The number of carbonyl (C=O) groups is 1. The maximum Gasteiger partial charge on any atom is 0.426 e. The van der Waals surface area contributed by atoms with E-state index in [0.29, 0.717) is 5.27 Å². The van der Waals surface area contributed by atoms with Crippen molar-refractivity contribution in [1.29, 1.82) is 0 Å². The average molecular weight is 656 g/mol. The molecule has 6 aromatic carbocycles. The number of carbonyl (C=O) groups excluding carboxylic acids is 1. The van der Waals surface area contributed by atoms with E-state index in [-0.39, 0.29) is 19.5 Å². The minimum absolute atomic E-state index is 0. The van der Waals surface area contributed by atoms with Crippen molar-refractivity contribution in [2.75, 3.05) is 0 Å². The molecular weight excluding hydrogens is 625 g/mol. The predicted octanol–water partition coefficient (Wildman–Crippen LogP) is 7.09. The molecule has 0 aliphatic carbocycles. The molecule has 1 nitrogen and oxygen atoms in total. The van der Waals surface area contributed by atoms with Crippen molar-refractivity contribution in [2.24, 2.45) is 0 Å². The second kappa shape index (κ2) is 13.0. The SMILES string of the molecule is O=C([P+](c1ccccc1)(c1ccccc1)c1ccccc1)[P+](c1ccccc1)(c1ccccc1)c1ccccc1.[Rh]. The molecule has 0 aromatic heterocycles. The summed E-state index contributed by atoms with van der Waals surface area (Å²) in [7, 11) is -5.70. The van der Waals surface area contributed by atoms with Crippen LogP contribution in [0.1, 0.15) is 0 Å². The van der Waals surface area contributed by atoms with Crippen molar-refractivity contribution < 1.29 is 24.3 Å². The topological polar surface area (TPSA) is 17.1 Å². The minimum Gasteiger partial charge on any atom is -0.208 e. The van der Waals surface area contributed by atoms with Crippen molar-refractivity contribution in [3.05, 3.63) is 182 Å². The van der Waals surface area contributed by atoms with Gasteiger partial charge in [-0.2, -0.15) is 0 Å². The minimum atomic E-state index is -2.85. The standard InChI is InChI=1S/C37H30OP2.Rh/c38-37(39(31-19-7-1-8-20-31,32-21-9-2-10-22-32)33-23-11-3-12-24-33)40(34-25-13-4-14-26-34,35-27-15-5-16-28-35)36-29-17-6-18-30-36;/h1-30H;/q+2;. The molecule has 0 fully saturated rings. The summed E-state index contributed by atoms with van der Waals surface area (Å²) in [5.41, 5.74) is 0. The first-order chi connectivity index (χ1) is 19.8. The van der Waals surface area contributed by atoms with E-state index in [4.69, 9.17) is 0 Å². The Morgan fingerprint density at radius 1 is 0.293 bits per heavy atom. The van der Waals surface area contributed by atoms with Gasteiger partial charge in [0, 0.05) is 19.5 Å². The first-order valence-corrected chi connectivity index (χ1v) is 17.0. The summed E-state index contributed by atoms with van der Waals surface area (Å²) in [6.45, 7) is 0. The monoisotopic (exact) mass is 655 g/mol. The Balaban J connectivity index is 0.00000337. The number of benzene rings is 6. The van der Waals surface area contributed by atoms with E-state index in [1.165, 1.54) is 0 Å². The fourth-order valence-electron chi connectivity index (χ4n) is 5.69. The van der Waals surface area contributed by atoms with Gasteiger partial charge >= 0.3 is 5.27 Å². The van der Waals surface area contributed by atoms with Crippen LogP contribution in [0.15, 0.2) is 182 Å². The normalized spacial score (nSPS) is 11.3. The Labute approximate surface area is 256 Å². The van der Waals surface area contributed by atoms with Crippen LogP contribution in [-0.4, -0.2) is 5.27 Å². The third-order valence-electron chi connectivity index (χ3n) is 7.43. The van der Waals surface area contributed by atoms with Gasteiger partial charge in [0.15, 0.2) is 0 Å². The molecule has 0 amide bonds. The molecule has 0 unspecified atom stereocenters. The van der Waals surface area contributed by atoms with Crippen molar-refractivity contribution in [3.63, 3.8) is 0 Å². The maximum absolute atomic E-state index is 16.4. The molecular formula is C37H30OP2Rh+2. The number of hydrogen-bond acceptors (Lipinski definition) is 1. The smallest absolute Gasteiger partial charge is 0.208 e. The van der Waals surface area contributed by atoms with E-state index in [1.54, 1.807) is 0 Å². The van der Waals surface area contributed by atoms with Gasteiger partial charge in [0.1, 0.15) is 31.8 Å². The van der Waals surface area contributed by atoms with Gasteiger partial charge in [-0.05, 0) is 72.8 Å². The van der Waals surface area contributed by atoms with Gasteiger partial charge < -0.3 is 0 Å². The van der Waals surface area contributed by atoms with Gasteiger partial charge in [-0.1, -0.05) is 109 Å². The Bertz CT molecular complexity index is 1360. The van der Waals surface area contributed by atoms with Gasteiger partial charge in [0.2, 0.25) is 14.5 Å². The number of hydrogen-bond donors (Lipinski definition) is 0. The molecule has 6 aromatic rings. The molecule has 0 heterocycles. The largest absolute Gasteiger partial charge is 0.426 e. The molecule has 41 heavy (non-hydrogen) atoms. The summed E-state index contributed by atoms with van der Waals surface area (Å²) in [6, 6.07) is 62.9. The molecule has 0 atom stereocenters. The van der Waals surface area contributed by atoms with Gasteiger partial charge in [-0.15, -0.1) is 0 Å². The van der Waals surface area contributed by atoms with Crippen LogP contribution >= 0.6 is 14.5 Å². The Morgan fingerprint density at radius 2 is 0.439 bits per heavy atom. The second-order valence-corrected chi connectivity index (χ2v) is 16.6. The van der Waals surface area contributed by atoms with E-state index in [0.717, 1.165) is 31.8 Å². The first-order valence-electron chi connectivity index (χ1n) is 13.5. The summed E-state index contributed by atoms with van der Waals surface area (Å²) in [4.78, 5) is 16.4. The molecule has 0 saturated heterocycles. The van der Waals surface area contributed by atoms with Gasteiger partial charge in [0.25, 0.3) is 0 Å². The zero-order chi connectivity index (χ0) is 27.3. The van der Waals surface area contributed by atoms with Crippen LogP contribution in [0.5, 0.6) is 0 Å². The second-order valence-electron chi connectivity index (χ2n) is 9.64. The Morgan fingerprint density at radius 3 is 0.585 bits per heavy atom. The van der Waals surface area contributed by atoms with E-state index < -0.39 is 14.5 Å². The predicted molar refractivity (Wildman–Crippen MR) is 176 cm³/mol. The van der Waals surface area contributed by atoms with E-state index in [1.807, 2.05) is 36.4 Å². The third kappa shape index (κ3) is 5.07. The number of rotatable bonds is 8. The van der Waals surface area contributed by atoms with Crippen LogP contribution < -0.4 is 31.8 Å². The quantitative estimate of drug-likeness (QED) is 0.127. The van der Waals surface area contributed by atoms with Crippen LogP contribution in [0, 0.1) is 0 Å². The average Bonchev–Trinajstić information content (AvgIpc) is 3.05. The van der Waals surface area contributed by atoms with Gasteiger partial charge in [-0.25, -0.2) is 4.79 Å². The van der Waals surface area contributed by atoms with Crippen LogP contribution in [0.3, 0.4) is 0 Å². The summed E-state index contributed by atoms with van der Waals surface area (Å²) >= 11 is 0.